The largest absolute Gasteiger partial charge is 0.378 e. The third kappa shape index (κ3) is 2.75. The maximum Gasteiger partial charge on any atom is 0.102 e. The number of nitrogens with zero attached hydrogens (tertiary/aromatic N) is 2. The number of nitriles is 1. The normalized spacial score (nSPS) is 18.7. The molecule has 0 spiro atoms. The maximum absolute atomic E-state index is 10.2. The predicted octanol–water partition coefficient (Wildman–Crippen LogP) is 4.43. The van der Waals surface area contributed by atoms with Gasteiger partial charge in [-0.05, 0) is 71.9 Å². The third-order valence-corrected chi connectivity index (χ3v) is 6.52. The van der Waals surface area contributed by atoms with Crippen LogP contribution in [0.4, 0.5) is 5.69 Å². The van der Waals surface area contributed by atoms with Crippen LogP contribution in [0.15, 0.2) is 24.3 Å². The molecule has 0 N–H and O–H groups in total. The van der Waals surface area contributed by atoms with Gasteiger partial charge in [0.25, 0.3) is 0 Å². The molecular formula is C24H26N2O. The van der Waals surface area contributed by atoms with Gasteiger partial charge in [-0.2, -0.15) is 5.26 Å². The van der Waals surface area contributed by atoms with Gasteiger partial charge in [0.05, 0.1) is 24.5 Å². The van der Waals surface area contributed by atoms with Gasteiger partial charge in [-0.1, -0.05) is 30.7 Å². The minimum atomic E-state index is 0.757. The zero-order valence-electron chi connectivity index (χ0n) is 15.9. The van der Waals surface area contributed by atoms with Crippen LogP contribution in [0.5, 0.6) is 0 Å². The molecular weight excluding hydrogens is 332 g/mol. The van der Waals surface area contributed by atoms with Gasteiger partial charge < -0.3 is 9.64 Å². The number of morpholine rings is 1. The van der Waals surface area contributed by atoms with E-state index in [1.165, 1.54) is 58.3 Å². The molecule has 1 saturated heterocycles. The van der Waals surface area contributed by atoms with Crippen LogP contribution in [0, 0.1) is 11.3 Å². The number of anilines is 1. The Morgan fingerprint density at radius 3 is 2.44 bits per heavy atom. The summed E-state index contributed by atoms with van der Waals surface area (Å²) < 4.78 is 5.60. The van der Waals surface area contributed by atoms with Crippen molar-refractivity contribution in [3.63, 3.8) is 0 Å². The molecule has 3 aliphatic rings. The molecule has 27 heavy (non-hydrogen) atoms. The first-order chi connectivity index (χ1) is 13.4. The lowest BCUT2D eigenvalue weighted by Gasteiger charge is -2.36. The first-order valence-corrected chi connectivity index (χ1v) is 10.4. The molecule has 1 fully saturated rings. The van der Waals surface area contributed by atoms with Crippen LogP contribution in [-0.2, 0) is 30.4 Å². The summed E-state index contributed by atoms with van der Waals surface area (Å²) in [5.74, 6) is 0. The van der Waals surface area contributed by atoms with E-state index in [-0.39, 0.29) is 0 Å². The molecule has 138 valence electrons. The second-order valence-corrected chi connectivity index (χ2v) is 7.96. The minimum absolute atomic E-state index is 0.757. The summed E-state index contributed by atoms with van der Waals surface area (Å²) in [5, 5.41) is 10.2. The van der Waals surface area contributed by atoms with Crippen molar-refractivity contribution in [2.45, 2.75) is 44.9 Å². The lowest BCUT2D eigenvalue weighted by atomic mass is 9.77. The molecule has 0 unspecified atom stereocenters. The molecule has 0 bridgehead atoms. The molecule has 2 aromatic carbocycles. The highest BCUT2D eigenvalue weighted by molar-refractivity contribution is 5.86. The van der Waals surface area contributed by atoms with E-state index < -0.39 is 0 Å². The first kappa shape index (κ1) is 16.8. The van der Waals surface area contributed by atoms with E-state index in [0.717, 1.165) is 57.6 Å². The van der Waals surface area contributed by atoms with E-state index in [1.54, 1.807) is 0 Å². The predicted molar refractivity (Wildman–Crippen MR) is 108 cm³/mol. The zero-order chi connectivity index (χ0) is 18.2. The molecule has 1 heterocycles. The quantitative estimate of drug-likeness (QED) is 0.708. The molecule has 0 radical (unpaired) electrons. The van der Waals surface area contributed by atoms with E-state index in [1.807, 2.05) is 0 Å². The summed E-state index contributed by atoms with van der Waals surface area (Å²) in [4.78, 5) is 2.43. The van der Waals surface area contributed by atoms with Crippen molar-refractivity contribution in [3.8, 4) is 17.2 Å². The van der Waals surface area contributed by atoms with E-state index in [9.17, 15) is 5.26 Å². The average molecular weight is 358 g/mol. The Morgan fingerprint density at radius 1 is 0.852 bits per heavy atom. The Balaban J connectivity index is 1.82. The molecule has 0 saturated carbocycles. The lowest BCUT2D eigenvalue weighted by Crippen LogP contribution is -2.38. The average Bonchev–Trinajstić information content (AvgIpc) is 2.99. The SMILES string of the molecule is N#Cc1c2c(c3c(c1N1CCOCC1)CCc1ccccc1-3)CCCCC2. The number of hydrogen-bond acceptors (Lipinski definition) is 3. The number of fused-ring (bicyclic) bond motifs is 5. The molecule has 0 aromatic heterocycles. The second-order valence-electron chi connectivity index (χ2n) is 7.96. The molecule has 3 nitrogen and oxygen atoms in total. The molecule has 1 aliphatic heterocycles. The molecule has 0 amide bonds. The van der Waals surface area contributed by atoms with Gasteiger partial charge in [-0.15, -0.1) is 0 Å². The highest BCUT2D eigenvalue weighted by Crippen LogP contribution is 2.46. The van der Waals surface area contributed by atoms with Crippen molar-refractivity contribution in [1.82, 2.24) is 0 Å². The fourth-order valence-corrected chi connectivity index (χ4v) is 5.29. The standard InChI is InChI=1S/C24H26N2O/c25-16-22-19-8-2-1-3-9-20(19)23-18-7-5-4-6-17(18)10-11-21(23)24(22)26-12-14-27-15-13-26/h4-7H,1-3,8-15H2. The van der Waals surface area contributed by atoms with Crippen LogP contribution in [0.3, 0.4) is 0 Å². The highest BCUT2D eigenvalue weighted by atomic mass is 16.5. The van der Waals surface area contributed by atoms with Gasteiger partial charge in [0, 0.05) is 13.1 Å². The van der Waals surface area contributed by atoms with Crippen molar-refractivity contribution in [2.24, 2.45) is 0 Å². The number of hydrogen-bond donors (Lipinski definition) is 0. The highest BCUT2D eigenvalue weighted by Gasteiger charge is 2.31. The Bertz CT molecular complexity index is 919. The zero-order valence-corrected chi connectivity index (χ0v) is 15.9. The van der Waals surface area contributed by atoms with Crippen LogP contribution < -0.4 is 4.90 Å². The minimum Gasteiger partial charge on any atom is -0.378 e. The maximum atomic E-state index is 10.2. The second kappa shape index (κ2) is 7.02. The molecule has 0 atom stereocenters. The summed E-state index contributed by atoms with van der Waals surface area (Å²) in [6.45, 7) is 3.30. The Kier molecular flexibility index (Phi) is 4.38. The molecule has 5 rings (SSSR count). The van der Waals surface area contributed by atoms with Crippen molar-refractivity contribution >= 4 is 5.69 Å². The summed E-state index contributed by atoms with van der Waals surface area (Å²) >= 11 is 0. The van der Waals surface area contributed by atoms with Gasteiger partial charge in [0.1, 0.15) is 6.07 Å². The number of ether oxygens (including phenoxy) is 1. The van der Waals surface area contributed by atoms with Gasteiger partial charge in [0.15, 0.2) is 0 Å². The van der Waals surface area contributed by atoms with Crippen molar-refractivity contribution < 1.29 is 4.74 Å². The topological polar surface area (TPSA) is 36.3 Å². The van der Waals surface area contributed by atoms with Gasteiger partial charge in [0.2, 0.25) is 0 Å². The number of rotatable bonds is 1. The summed E-state index contributed by atoms with van der Waals surface area (Å²) in [7, 11) is 0. The van der Waals surface area contributed by atoms with Crippen LogP contribution in [0.1, 0.15) is 47.1 Å². The van der Waals surface area contributed by atoms with E-state index >= 15 is 0 Å². The Labute approximate surface area is 161 Å². The van der Waals surface area contributed by atoms with E-state index in [2.05, 4.69) is 35.2 Å². The van der Waals surface area contributed by atoms with Crippen molar-refractivity contribution in [3.05, 3.63) is 52.1 Å². The Hall–Kier alpha value is -2.31. The summed E-state index contributed by atoms with van der Waals surface area (Å²) in [6.07, 6.45) is 7.98. The van der Waals surface area contributed by atoms with Crippen LogP contribution in [0.2, 0.25) is 0 Å². The van der Waals surface area contributed by atoms with E-state index in [0.29, 0.717) is 0 Å². The summed E-state index contributed by atoms with van der Waals surface area (Å²) in [6, 6.07) is 11.6. The van der Waals surface area contributed by atoms with Crippen LogP contribution in [0.25, 0.3) is 11.1 Å². The molecule has 2 aromatic rings. The van der Waals surface area contributed by atoms with Crippen molar-refractivity contribution in [1.29, 1.82) is 5.26 Å². The van der Waals surface area contributed by atoms with E-state index in [4.69, 9.17) is 4.74 Å². The van der Waals surface area contributed by atoms with Crippen LogP contribution in [-0.4, -0.2) is 26.3 Å². The monoisotopic (exact) mass is 358 g/mol. The van der Waals surface area contributed by atoms with Gasteiger partial charge >= 0.3 is 0 Å². The molecule has 2 aliphatic carbocycles. The van der Waals surface area contributed by atoms with Crippen molar-refractivity contribution in [2.75, 3.05) is 31.2 Å². The van der Waals surface area contributed by atoms with Gasteiger partial charge in [-0.25, -0.2) is 0 Å². The fraction of sp³-hybridized carbons (Fsp3) is 0.458. The molecule has 3 heteroatoms. The number of benzene rings is 2. The fourth-order valence-electron chi connectivity index (χ4n) is 5.29. The van der Waals surface area contributed by atoms with Gasteiger partial charge in [-0.3, -0.25) is 0 Å². The lowest BCUT2D eigenvalue weighted by molar-refractivity contribution is 0.122. The first-order valence-electron chi connectivity index (χ1n) is 10.4. The Morgan fingerprint density at radius 2 is 1.63 bits per heavy atom. The third-order valence-electron chi connectivity index (χ3n) is 6.52. The van der Waals surface area contributed by atoms with Crippen LogP contribution >= 0.6 is 0 Å². The smallest absolute Gasteiger partial charge is 0.102 e. The summed E-state index contributed by atoms with van der Waals surface area (Å²) in [5.41, 5.74) is 10.8. The number of aryl methyl sites for hydroxylation is 1.